The lowest BCUT2D eigenvalue weighted by Gasteiger charge is -2.19. The fourth-order valence-electron chi connectivity index (χ4n) is 7.70. The molecule has 222 valence electrons. The molecule has 0 N–H and O–H groups in total. The van der Waals surface area contributed by atoms with Gasteiger partial charge in [0, 0.05) is 49.2 Å². The van der Waals surface area contributed by atoms with E-state index in [0.717, 1.165) is 55.8 Å². The molecule has 10 rings (SSSR count). The van der Waals surface area contributed by atoms with Crippen molar-refractivity contribution in [2.75, 3.05) is 0 Å². The predicted molar refractivity (Wildman–Crippen MR) is 197 cm³/mol. The quantitative estimate of drug-likeness (QED) is 0.185. The fourth-order valence-corrected chi connectivity index (χ4v) is 10.6. The Balaban J connectivity index is 1.19. The van der Waals surface area contributed by atoms with Gasteiger partial charge in [0.25, 0.3) is 0 Å². The molecule has 0 saturated heterocycles. The SMILES string of the molecule is C[Si]1(C)c2ccccc2-c2c(-c3ccc(-n4c5ccccc5c5cc6oc7ccccc7c6cc54)cc3)nc(-c3ccccc3)nc21. The molecular weight excluding hydrogens is 591 g/mol. The smallest absolute Gasteiger partial charge is 0.159 e. The monoisotopic (exact) mass is 619 g/mol. The Morgan fingerprint density at radius 1 is 0.553 bits per heavy atom. The van der Waals surface area contributed by atoms with E-state index in [1.165, 1.54) is 37.9 Å². The van der Waals surface area contributed by atoms with E-state index in [1.54, 1.807) is 0 Å². The summed E-state index contributed by atoms with van der Waals surface area (Å²) >= 11 is 0. The van der Waals surface area contributed by atoms with E-state index in [2.05, 4.69) is 139 Å². The van der Waals surface area contributed by atoms with Gasteiger partial charge in [-0.05, 0) is 47.1 Å². The highest BCUT2D eigenvalue weighted by molar-refractivity contribution is 7.03. The van der Waals surface area contributed by atoms with Crippen LogP contribution in [0, 0.1) is 0 Å². The van der Waals surface area contributed by atoms with Gasteiger partial charge in [-0.3, -0.25) is 0 Å². The number of aromatic nitrogens is 3. The van der Waals surface area contributed by atoms with Crippen LogP contribution in [0.25, 0.3) is 83.2 Å². The van der Waals surface area contributed by atoms with E-state index in [4.69, 9.17) is 14.4 Å². The van der Waals surface area contributed by atoms with Gasteiger partial charge < -0.3 is 8.98 Å². The van der Waals surface area contributed by atoms with Crippen molar-refractivity contribution in [1.82, 2.24) is 14.5 Å². The largest absolute Gasteiger partial charge is 0.456 e. The molecule has 1 aliphatic heterocycles. The molecule has 0 fully saturated rings. The molecule has 3 aromatic heterocycles. The molecule has 0 aliphatic carbocycles. The highest BCUT2D eigenvalue weighted by Gasteiger charge is 2.41. The van der Waals surface area contributed by atoms with Crippen LogP contribution in [0.15, 0.2) is 144 Å². The molecule has 0 unspecified atom stereocenters. The van der Waals surface area contributed by atoms with Crippen molar-refractivity contribution in [1.29, 1.82) is 0 Å². The van der Waals surface area contributed by atoms with Gasteiger partial charge >= 0.3 is 0 Å². The van der Waals surface area contributed by atoms with Gasteiger partial charge in [-0.25, -0.2) is 9.97 Å². The van der Waals surface area contributed by atoms with Crippen molar-refractivity contribution in [3.05, 3.63) is 140 Å². The highest BCUT2D eigenvalue weighted by Crippen LogP contribution is 2.40. The van der Waals surface area contributed by atoms with Crippen LogP contribution in [0.1, 0.15) is 0 Å². The topological polar surface area (TPSA) is 43.9 Å². The Kier molecular flexibility index (Phi) is 5.41. The van der Waals surface area contributed by atoms with Crippen LogP contribution in [0.3, 0.4) is 0 Å². The molecule has 4 nitrogen and oxygen atoms in total. The lowest BCUT2D eigenvalue weighted by molar-refractivity contribution is 0.669. The maximum absolute atomic E-state index is 6.29. The fraction of sp³-hybridized carbons (Fsp3) is 0.0476. The summed E-state index contributed by atoms with van der Waals surface area (Å²) in [6, 6.07) is 49.5. The Morgan fingerprint density at radius 2 is 1.28 bits per heavy atom. The third-order valence-corrected chi connectivity index (χ3v) is 13.3. The zero-order valence-electron chi connectivity index (χ0n) is 26.0. The van der Waals surface area contributed by atoms with Gasteiger partial charge in [0.2, 0.25) is 0 Å². The third kappa shape index (κ3) is 3.75. The number of hydrogen-bond acceptors (Lipinski definition) is 3. The second kappa shape index (κ2) is 9.61. The summed E-state index contributed by atoms with van der Waals surface area (Å²) in [5, 5.41) is 7.29. The van der Waals surface area contributed by atoms with Crippen LogP contribution < -0.4 is 10.5 Å². The number of fused-ring (bicyclic) bond motifs is 9. The summed E-state index contributed by atoms with van der Waals surface area (Å²) in [6.45, 7) is 4.82. The minimum Gasteiger partial charge on any atom is -0.456 e. The maximum Gasteiger partial charge on any atom is 0.159 e. The molecule has 6 aromatic carbocycles. The third-order valence-electron chi connectivity index (χ3n) is 9.97. The van der Waals surface area contributed by atoms with Crippen LogP contribution in [0.2, 0.25) is 13.1 Å². The van der Waals surface area contributed by atoms with E-state index >= 15 is 0 Å². The molecule has 47 heavy (non-hydrogen) atoms. The van der Waals surface area contributed by atoms with Crippen molar-refractivity contribution in [2.24, 2.45) is 0 Å². The minimum atomic E-state index is -2.02. The van der Waals surface area contributed by atoms with Crippen molar-refractivity contribution in [2.45, 2.75) is 13.1 Å². The lowest BCUT2D eigenvalue weighted by Crippen LogP contribution is -2.50. The van der Waals surface area contributed by atoms with Gasteiger partial charge in [0.15, 0.2) is 5.82 Å². The second-order valence-electron chi connectivity index (χ2n) is 13.0. The second-order valence-corrected chi connectivity index (χ2v) is 17.3. The first-order chi connectivity index (χ1) is 23.1. The number of rotatable bonds is 3. The molecule has 5 heteroatoms. The van der Waals surface area contributed by atoms with Crippen LogP contribution in [-0.4, -0.2) is 22.6 Å². The summed E-state index contributed by atoms with van der Waals surface area (Å²) in [6.07, 6.45) is 0. The Labute approximate surface area is 272 Å². The maximum atomic E-state index is 6.29. The lowest BCUT2D eigenvalue weighted by atomic mass is 10.00. The number of benzene rings is 6. The highest BCUT2D eigenvalue weighted by atomic mass is 28.3. The number of hydrogen-bond donors (Lipinski definition) is 0. The average molecular weight is 620 g/mol. The van der Waals surface area contributed by atoms with Crippen molar-refractivity contribution in [3.8, 4) is 39.5 Å². The normalized spacial score (nSPS) is 13.5. The first-order valence-electron chi connectivity index (χ1n) is 16.1. The van der Waals surface area contributed by atoms with Gasteiger partial charge in [0.05, 0.1) is 16.7 Å². The van der Waals surface area contributed by atoms with Gasteiger partial charge in [-0.2, -0.15) is 0 Å². The molecule has 0 amide bonds. The molecule has 0 radical (unpaired) electrons. The average Bonchev–Trinajstić information content (AvgIpc) is 3.72. The summed E-state index contributed by atoms with van der Waals surface area (Å²) in [5.74, 6) is 0.788. The van der Waals surface area contributed by atoms with Gasteiger partial charge in [0.1, 0.15) is 19.2 Å². The number of furan rings is 1. The molecule has 0 bridgehead atoms. The van der Waals surface area contributed by atoms with Crippen molar-refractivity contribution < 1.29 is 4.42 Å². The van der Waals surface area contributed by atoms with E-state index in [0.29, 0.717) is 0 Å². The Hall–Kier alpha value is -5.78. The Bertz CT molecular complexity index is 2700. The van der Waals surface area contributed by atoms with Crippen molar-refractivity contribution in [3.63, 3.8) is 0 Å². The molecule has 0 saturated carbocycles. The van der Waals surface area contributed by atoms with Gasteiger partial charge in [-0.1, -0.05) is 116 Å². The first-order valence-corrected chi connectivity index (χ1v) is 19.1. The van der Waals surface area contributed by atoms with E-state index < -0.39 is 8.07 Å². The van der Waals surface area contributed by atoms with E-state index in [9.17, 15) is 0 Å². The zero-order valence-corrected chi connectivity index (χ0v) is 27.0. The molecule has 0 atom stereocenters. The van der Waals surface area contributed by atoms with Crippen LogP contribution in [-0.2, 0) is 0 Å². The van der Waals surface area contributed by atoms with Crippen LogP contribution >= 0.6 is 0 Å². The first kappa shape index (κ1) is 26.4. The summed E-state index contributed by atoms with van der Waals surface area (Å²) in [4.78, 5) is 10.6. The molecule has 4 heterocycles. The predicted octanol–water partition coefficient (Wildman–Crippen LogP) is 9.61. The molecule has 1 aliphatic rings. The standard InChI is InChI=1S/C42H29N3OSi/c1-47(2)38-19-11-8-16-31(38)39-40(43-41(44-42(39)47)27-12-4-3-5-13-27)26-20-22-28(23-21-26)45-34-17-9-6-14-29(34)32-25-37-33(24-35(32)45)30-15-7-10-18-36(30)46-37/h3-25H,1-2H3. The van der Waals surface area contributed by atoms with Crippen LogP contribution in [0.5, 0.6) is 0 Å². The number of para-hydroxylation sites is 2. The zero-order chi connectivity index (χ0) is 31.3. The summed E-state index contributed by atoms with van der Waals surface area (Å²) < 4.78 is 8.66. The summed E-state index contributed by atoms with van der Waals surface area (Å²) in [5.41, 5.74) is 10.9. The molecular formula is C42H29N3OSi. The molecule has 0 spiro atoms. The number of nitrogens with zero attached hydrogens (tertiary/aromatic N) is 3. The van der Waals surface area contributed by atoms with E-state index in [1.807, 2.05) is 18.2 Å². The van der Waals surface area contributed by atoms with E-state index in [-0.39, 0.29) is 0 Å². The Morgan fingerprint density at radius 3 is 2.13 bits per heavy atom. The summed E-state index contributed by atoms with van der Waals surface area (Å²) in [7, 11) is -2.02. The van der Waals surface area contributed by atoms with Crippen molar-refractivity contribution >= 4 is 62.3 Å². The minimum absolute atomic E-state index is 0.788. The van der Waals surface area contributed by atoms with Crippen LogP contribution in [0.4, 0.5) is 0 Å². The van der Waals surface area contributed by atoms with Gasteiger partial charge in [-0.15, -0.1) is 0 Å². The molecule has 9 aromatic rings.